The molecule has 0 aliphatic heterocycles. The predicted octanol–water partition coefficient (Wildman–Crippen LogP) is 0.938. The average Bonchev–Trinajstić information content (AvgIpc) is 2.68. The zero-order valence-corrected chi connectivity index (χ0v) is 10.2. The number of hydrogen-bond acceptors (Lipinski definition) is 2. The monoisotopic (exact) mass is 231 g/mol. The van der Waals surface area contributed by atoms with Gasteiger partial charge in [0.25, 0.3) is 0 Å². The molecule has 0 atom stereocenters. The molecule has 4 nitrogen and oxygen atoms in total. The van der Waals surface area contributed by atoms with Gasteiger partial charge in [0.15, 0.2) is 0 Å². The highest BCUT2D eigenvalue weighted by molar-refractivity contribution is 5.34. The van der Waals surface area contributed by atoms with Crippen molar-refractivity contribution in [3.05, 3.63) is 52.7 Å². The molecule has 0 bridgehead atoms. The average molecular weight is 231 g/mol. The van der Waals surface area contributed by atoms with Crippen LogP contribution in [0.15, 0.2) is 41.5 Å². The minimum Gasteiger partial charge on any atom is -0.319 e. The number of likely N-dealkylation sites (N-methyl/N-ethyl adjacent to an activating group) is 1. The summed E-state index contributed by atoms with van der Waals surface area (Å²) in [4.78, 5) is 11.7. The van der Waals surface area contributed by atoms with Crippen LogP contribution in [0, 0.1) is 0 Å². The Morgan fingerprint density at radius 2 is 1.88 bits per heavy atom. The lowest BCUT2D eigenvalue weighted by Gasteiger charge is -2.04. The van der Waals surface area contributed by atoms with Crippen LogP contribution in [-0.4, -0.2) is 22.7 Å². The molecule has 2 aromatic rings. The van der Waals surface area contributed by atoms with E-state index < -0.39 is 0 Å². The van der Waals surface area contributed by atoms with Gasteiger partial charge < -0.3 is 9.88 Å². The molecule has 0 aliphatic carbocycles. The minimum atomic E-state index is -0.0204. The van der Waals surface area contributed by atoms with Gasteiger partial charge in [-0.2, -0.15) is 0 Å². The Hall–Kier alpha value is -1.81. The molecular formula is C13H17N3O. The smallest absolute Gasteiger partial charge is 0.319 e. The lowest BCUT2D eigenvalue weighted by atomic mass is 10.1. The van der Waals surface area contributed by atoms with Crippen molar-refractivity contribution < 1.29 is 0 Å². The fourth-order valence-electron chi connectivity index (χ4n) is 1.75. The van der Waals surface area contributed by atoms with Crippen molar-refractivity contribution in [1.82, 2.24) is 14.5 Å². The maximum absolute atomic E-state index is 11.7. The Morgan fingerprint density at radius 3 is 2.41 bits per heavy atom. The standard InChI is InChI=1S/C13H17N3O/c1-14-8-7-11-3-5-12(6-4-11)16-10-9-15(2)13(16)17/h3-6,9-10,14H,7-8H2,1-2H3. The van der Waals surface area contributed by atoms with Crippen molar-refractivity contribution in [3.63, 3.8) is 0 Å². The normalized spacial score (nSPS) is 10.7. The minimum absolute atomic E-state index is 0.0204. The van der Waals surface area contributed by atoms with Crippen LogP contribution >= 0.6 is 0 Å². The molecule has 0 radical (unpaired) electrons. The van der Waals surface area contributed by atoms with Gasteiger partial charge in [0.1, 0.15) is 0 Å². The zero-order chi connectivity index (χ0) is 12.3. The first kappa shape index (κ1) is 11.7. The van der Waals surface area contributed by atoms with Crippen molar-refractivity contribution >= 4 is 0 Å². The molecule has 0 aliphatic rings. The van der Waals surface area contributed by atoms with Gasteiger partial charge in [-0.25, -0.2) is 4.79 Å². The number of rotatable bonds is 4. The SMILES string of the molecule is CNCCc1ccc(-n2ccn(C)c2=O)cc1. The van der Waals surface area contributed by atoms with Crippen LogP contribution in [0.25, 0.3) is 5.69 Å². The first-order valence-corrected chi connectivity index (χ1v) is 5.70. The van der Waals surface area contributed by atoms with Crippen LogP contribution in [-0.2, 0) is 13.5 Å². The lowest BCUT2D eigenvalue weighted by molar-refractivity contribution is 0.790. The second kappa shape index (κ2) is 5.01. The summed E-state index contributed by atoms with van der Waals surface area (Å²) in [5, 5.41) is 3.12. The summed E-state index contributed by atoms with van der Waals surface area (Å²) in [5.74, 6) is 0. The Kier molecular flexibility index (Phi) is 3.44. The number of aromatic nitrogens is 2. The maximum atomic E-state index is 11.7. The third-order valence-electron chi connectivity index (χ3n) is 2.83. The molecule has 90 valence electrons. The molecule has 0 fully saturated rings. The summed E-state index contributed by atoms with van der Waals surface area (Å²) >= 11 is 0. The Bertz CT molecular complexity index is 537. The predicted molar refractivity (Wildman–Crippen MR) is 68.6 cm³/mol. The first-order chi connectivity index (χ1) is 8.22. The van der Waals surface area contributed by atoms with Crippen LogP contribution in [0.3, 0.4) is 0 Å². The van der Waals surface area contributed by atoms with Gasteiger partial charge in [-0.1, -0.05) is 12.1 Å². The zero-order valence-electron chi connectivity index (χ0n) is 10.2. The first-order valence-electron chi connectivity index (χ1n) is 5.70. The van der Waals surface area contributed by atoms with E-state index in [1.165, 1.54) is 5.56 Å². The summed E-state index contributed by atoms with van der Waals surface area (Å²) in [6.07, 6.45) is 4.54. The van der Waals surface area contributed by atoms with Gasteiger partial charge in [-0.3, -0.25) is 4.57 Å². The number of benzene rings is 1. The van der Waals surface area contributed by atoms with E-state index in [9.17, 15) is 4.79 Å². The molecule has 1 heterocycles. The summed E-state index contributed by atoms with van der Waals surface area (Å²) < 4.78 is 3.21. The number of nitrogens with zero attached hydrogens (tertiary/aromatic N) is 2. The van der Waals surface area contributed by atoms with Crippen molar-refractivity contribution in [1.29, 1.82) is 0 Å². The van der Waals surface area contributed by atoms with E-state index in [4.69, 9.17) is 0 Å². The van der Waals surface area contributed by atoms with E-state index in [2.05, 4.69) is 17.4 Å². The van der Waals surface area contributed by atoms with Gasteiger partial charge in [0, 0.05) is 19.4 Å². The van der Waals surface area contributed by atoms with E-state index in [1.807, 2.05) is 19.2 Å². The molecule has 0 saturated carbocycles. The topological polar surface area (TPSA) is 39.0 Å². The van der Waals surface area contributed by atoms with Gasteiger partial charge in [0.05, 0.1) is 5.69 Å². The van der Waals surface area contributed by atoms with Crippen LogP contribution in [0.2, 0.25) is 0 Å². The fraction of sp³-hybridized carbons (Fsp3) is 0.308. The Morgan fingerprint density at radius 1 is 1.18 bits per heavy atom. The molecule has 17 heavy (non-hydrogen) atoms. The van der Waals surface area contributed by atoms with Crippen molar-refractivity contribution in [2.24, 2.45) is 7.05 Å². The number of imidazole rings is 1. The third kappa shape index (κ3) is 2.47. The van der Waals surface area contributed by atoms with E-state index in [0.29, 0.717) is 0 Å². The highest BCUT2D eigenvalue weighted by Gasteiger charge is 2.02. The molecule has 1 aromatic heterocycles. The fourth-order valence-corrected chi connectivity index (χ4v) is 1.75. The van der Waals surface area contributed by atoms with Crippen molar-refractivity contribution in [2.45, 2.75) is 6.42 Å². The summed E-state index contributed by atoms with van der Waals surface area (Å²) in [6, 6.07) is 8.08. The molecule has 1 aromatic carbocycles. The van der Waals surface area contributed by atoms with E-state index in [0.717, 1.165) is 18.7 Å². The third-order valence-corrected chi connectivity index (χ3v) is 2.83. The lowest BCUT2D eigenvalue weighted by Crippen LogP contribution is -2.20. The Labute approximate surface area is 101 Å². The number of nitrogens with one attached hydrogen (secondary N) is 1. The Balaban J connectivity index is 2.23. The van der Waals surface area contributed by atoms with Gasteiger partial charge in [-0.15, -0.1) is 0 Å². The van der Waals surface area contributed by atoms with Crippen LogP contribution < -0.4 is 11.0 Å². The van der Waals surface area contributed by atoms with Crippen LogP contribution in [0.1, 0.15) is 5.56 Å². The molecule has 2 rings (SSSR count). The molecular weight excluding hydrogens is 214 g/mol. The van der Waals surface area contributed by atoms with Crippen molar-refractivity contribution in [2.75, 3.05) is 13.6 Å². The molecule has 0 unspecified atom stereocenters. The van der Waals surface area contributed by atoms with Crippen LogP contribution in [0.5, 0.6) is 0 Å². The van der Waals surface area contributed by atoms with Gasteiger partial charge in [0.2, 0.25) is 0 Å². The summed E-state index contributed by atoms with van der Waals surface area (Å²) in [6.45, 7) is 0.963. The second-order valence-corrected chi connectivity index (χ2v) is 4.08. The number of aryl methyl sites for hydroxylation is 1. The molecule has 0 saturated heterocycles. The number of hydrogen-bond donors (Lipinski definition) is 1. The molecule has 1 N–H and O–H groups in total. The molecule has 4 heteroatoms. The summed E-state index contributed by atoms with van der Waals surface area (Å²) in [5.41, 5.74) is 2.16. The highest BCUT2D eigenvalue weighted by Crippen LogP contribution is 2.08. The van der Waals surface area contributed by atoms with E-state index >= 15 is 0 Å². The van der Waals surface area contributed by atoms with Gasteiger partial charge in [-0.05, 0) is 37.7 Å². The van der Waals surface area contributed by atoms with E-state index in [1.54, 1.807) is 28.6 Å². The quantitative estimate of drug-likeness (QED) is 0.850. The maximum Gasteiger partial charge on any atom is 0.332 e. The molecule has 0 spiro atoms. The summed E-state index contributed by atoms with van der Waals surface area (Å²) in [7, 11) is 3.69. The van der Waals surface area contributed by atoms with Crippen molar-refractivity contribution in [3.8, 4) is 5.69 Å². The highest BCUT2D eigenvalue weighted by atomic mass is 16.1. The largest absolute Gasteiger partial charge is 0.332 e. The molecule has 0 amide bonds. The van der Waals surface area contributed by atoms with Gasteiger partial charge >= 0.3 is 5.69 Å². The van der Waals surface area contributed by atoms with E-state index in [-0.39, 0.29) is 5.69 Å². The van der Waals surface area contributed by atoms with Crippen LogP contribution in [0.4, 0.5) is 0 Å². The second-order valence-electron chi connectivity index (χ2n) is 4.08.